The smallest absolute Gasteiger partial charge is 0.257 e. The van der Waals surface area contributed by atoms with Crippen LogP contribution in [0.4, 0.5) is 4.39 Å². The zero-order valence-corrected chi connectivity index (χ0v) is 5.23. The molecule has 0 aliphatic rings. The van der Waals surface area contributed by atoms with Gasteiger partial charge in [0.05, 0.1) is 0 Å². The predicted molar refractivity (Wildman–Crippen MR) is 26.8 cm³/mol. The van der Waals surface area contributed by atoms with E-state index in [9.17, 15) is 12.8 Å². The van der Waals surface area contributed by atoms with E-state index < -0.39 is 23.8 Å². The van der Waals surface area contributed by atoms with Gasteiger partial charge in [-0.05, 0) is 6.92 Å². The number of thiol groups is 1. The molecule has 0 amide bonds. The second kappa shape index (κ2) is 3.80. The fraction of sp³-hybridized carbons (Fsp3) is 1.00. The second-order valence-corrected chi connectivity index (χ2v) is 1.95. The fourth-order valence-corrected chi connectivity index (χ4v) is 0.525. The van der Waals surface area contributed by atoms with Crippen molar-refractivity contribution in [3.8, 4) is 0 Å². The van der Waals surface area contributed by atoms with E-state index in [0.29, 0.717) is 0 Å². The lowest BCUT2D eigenvalue weighted by Crippen LogP contribution is -2.08. The minimum atomic E-state index is -2.89. The molecule has 3 nitrogen and oxygen atoms in total. The summed E-state index contributed by atoms with van der Waals surface area (Å²) in [6.45, 7) is 0.564. The van der Waals surface area contributed by atoms with E-state index in [-0.39, 0.29) is 0 Å². The lowest BCUT2D eigenvalue weighted by molar-refractivity contribution is 0.197. The van der Waals surface area contributed by atoms with Crippen LogP contribution in [0.1, 0.15) is 6.92 Å². The fourth-order valence-electron chi connectivity index (χ4n) is 0.175. The van der Waals surface area contributed by atoms with Gasteiger partial charge in [-0.3, -0.25) is 4.18 Å². The van der Waals surface area contributed by atoms with Crippen LogP contribution in [0.25, 0.3) is 0 Å². The van der Waals surface area contributed by atoms with Crippen molar-refractivity contribution in [1.29, 1.82) is 0 Å². The molecule has 50 valence electrons. The maximum atomic E-state index is 11.4. The SMILES string of the molecule is CC(CF)O[SH](=O)=O. The summed E-state index contributed by atoms with van der Waals surface area (Å²) >= 11 is 0. The average molecular weight is 142 g/mol. The van der Waals surface area contributed by atoms with Gasteiger partial charge in [-0.25, -0.2) is 12.8 Å². The van der Waals surface area contributed by atoms with Gasteiger partial charge in [0.15, 0.2) is 0 Å². The molecule has 0 heterocycles. The summed E-state index contributed by atoms with van der Waals surface area (Å²) in [4.78, 5) is 0. The molecule has 0 fully saturated rings. The van der Waals surface area contributed by atoms with Gasteiger partial charge < -0.3 is 0 Å². The zero-order chi connectivity index (χ0) is 6.57. The van der Waals surface area contributed by atoms with Crippen molar-refractivity contribution < 1.29 is 17.0 Å². The second-order valence-electron chi connectivity index (χ2n) is 1.29. The zero-order valence-electron chi connectivity index (χ0n) is 4.33. The Labute approximate surface area is 48.6 Å². The Hall–Kier alpha value is -0.160. The summed E-state index contributed by atoms with van der Waals surface area (Å²) < 4.78 is 34.6. The standard InChI is InChI=1S/C3H7FO3S/c1-3(2-4)7-8(5)6/h3,8H,2H2,1H3. The van der Waals surface area contributed by atoms with Crippen LogP contribution in [0, 0.1) is 0 Å². The number of alkyl halides is 1. The van der Waals surface area contributed by atoms with Gasteiger partial charge in [0.2, 0.25) is 0 Å². The summed E-state index contributed by atoms with van der Waals surface area (Å²) in [7, 11) is -2.89. The molecule has 0 aromatic heterocycles. The molecule has 0 spiro atoms. The molecule has 1 unspecified atom stereocenters. The first-order chi connectivity index (χ1) is 3.66. The predicted octanol–water partition coefficient (Wildman–Crippen LogP) is -0.113. The van der Waals surface area contributed by atoms with Crippen molar-refractivity contribution in [2.24, 2.45) is 0 Å². The number of halogens is 1. The van der Waals surface area contributed by atoms with Gasteiger partial charge in [-0.15, -0.1) is 0 Å². The Morgan fingerprint density at radius 2 is 2.25 bits per heavy atom. The average Bonchev–Trinajstić information content (AvgIpc) is 1.65. The van der Waals surface area contributed by atoms with Crippen molar-refractivity contribution in [3.63, 3.8) is 0 Å². The number of rotatable bonds is 3. The van der Waals surface area contributed by atoms with Crippen LogP contribution in [0.2, 0.25) is 0 Å². The molecule has 0 saturated heterocycles. The maximum Gasteiger partial charge on any atom is 0.257 e. The highest BCUT2D eigenvalue weighted by atomic mass is 32.2. The summed E-state index contributed by atoms with van der Waals surface area (Å²) in [6.07, 6.45) is -0.837. The van der Waals surface area contributed by atoms with E-state index in [1.807, 2.05) is 0 Å². The van der Waals surface area contributed by atoms with Gasteiger partial charge in [0, 0.05) is 0 Å². The van der Waals surface area contributed by atoms with Gasteiger partial charge >= 0.3 is 0 Å². The first kappa shape index (κ1) is 7.84. The van der Waals surface area contributed by atoms with Crippen LogP contribution < -0.4 is 0 Å². The third-order valence-electron chi connectivity index (χ3n) is 0.483. The van der Waals surface area contributed by atoms with E-state index >= 15 is 0 Å². The largest absolute Gasteiger partial charge is 0.266 e. The third kappa shape index (κ3) is 4.01. The Balaban J connectivity index is 3.39. The van der Waals surface area contributed by atoms with Crippen LogP contribution in [0.15, 0.2) is 0 Å². The highest BCUT2D eigenvalue weighted by Crippen LogP contribution is 1.89. The summed E-state index contributed by atoms with van der Waals surface area (Å²) in [6, 6.07) is 0. The highest BCUT2D eigenvalue weighted by molar-refractivity contribution is 7.67. The van der Waals surface area contributed by atoms with E-state index in [1.165, 1.54) is 6.92 Å². The summed E-state index contributed by atoms with van der Waals surface area (Å²) in [5, 5.41) is 0. The van der Waals surface area contributed by atoms with E-state index in [4.69, 9.17) is 0 Å². The monoisotopic (exact) mass is 142 g/mol. The third-order valence-corrected chi connectivity index (χ3v) is 1.02. The van der Waals surface area contributed by atoms with E-state index in [2.05, 4.69) is 4.18 Å². The highest BCUT2D eigenvalue weighted by Gasteiger charge is 1.99. The van der Waals surface area contributed by atoms with E-state index in [1.54, 1.807) is 0 Å². The molecule has 0 bridgehead atoms. The lowest BCUT2D eigenvalue weighted by Gasteiger charge is -1.97. The molecule has 0 aromatic carbocycles. The van der Waals surface area contributed by atoms with Gasteiger partial charge in [0.25, 0.3) is 11.0 Å². The summed E-state index contributed by atoms with van der Waals surface area (Å²) in [5.41, 5.74) is 0. The molecule has 0 saturated carbocycles. The maximum absolute atomic E-state index is 11.4. The Bertz CT molecular complexity index is 114. The molecule has 0 aromatic rings. The molecule has 5 heteroatoms. The van der Waals surface area contributed by atoms with Crippen LogP contribution in [-0.4, -0.2) is 21.2 Å². The van der Waals surface area contributed by atoms with Crippen LogP contribution >= 0.6 is 0 Å². The van der Waals surface area contributed by atoms with Gasteiger partial charge in [-0.2, -0.15) is 0 Å². The van der Waals surface area contributed by atoms with Gasteiger partial charge in [0.1, 0.15) is 12.8 Å². The molecule has 0 rings (SSSR count). The van der Waals surface area contributed by atoms with Crippen LogP contribution in [0.3, 0.4) is 0 Å². The van der Waals surface area contributed by atoms with Crippen molar-refractivity contribution in [2.45, 2.75) is 13.0 Å². The lowest BCUT2D eigenvalue weighted by atomic mass is 10.5. The quantitative estimate of drug-likeness (QED) is 0.559. The first-order valence-electron chi connectivity index (χ1n) is 2.04. The number of hydrogen-bond donors (Lipinski definition) is 1. The minimum absolute atomic E-state index is 0.774. The Morgan fingerprint density at radius 3 is 2.38 bits per heavy atom. The first-order valence-corrected chi connectivity index (χ1v) is 3.13. The van der Waals surface area contributed by atoms with Crippen molar-refractivity contribution in [1.82, 2.24) is 0 Å². The van der Waals surface area contributed by atoms with Crippen LogP contribution in [0.5, 0.6) is 0 Å². The Kier molecular flexibility index (Phi) is 3.72. The molecule has 0 aliphatic heterocycles. The minimum Gasteiger partial charge on any atom is -0.266 e. The molecule has 8 heavy (non-hydrogen) atoms. The Morgan fingerprint density at radius 1 is 1.75 bits per heavy atom. The van der Waals surface area contributed by atoms with Gasteiger partial charge in [-0.1, -0.05) is 0 Å². The molecular weight excluding hydrogens is 135 g/mol. The molecule has 1 atom stereocenters. The molecule has 0 radical (unpaired) electrons. The number of hydrogen-bond acceptors (Lipinski definition) is 3. The molecule has 0 aliphatic carbocycles. The van der Waals surface area contributed by atoms with Crippen LogP contribution in [-0.2, 0) is 15.2 Å². The van der Waals surface area contributed by atoms with E-state index in [0.717, 1.165) is 0 Å². The van der Waals surface area contributed by atoms with Crippen molar-refractivity contribution in [2.75, 3.05) is 6.67 Å². The van der Waals surface area contributed by atoms with Crippen molar-refractivity contribution in [3.05, 3.63) is 0 Å². The topological polar surface area (TPSA) is 43.4 Å². The molecular formula is C3H7FO3S. The normalized spacial score (nSPS) is 14.4. The van der Waals surface area contributed by atoms with Crippen molar-refractivity contribution >= 4 is 11.0 Å². The molecule has 0 N–H and O–H groups in total. The summed E-state index contributed by atoms with van der Waals surface area (Å²) in [5.74, 6) is 0.